The van der Waals surface area contributed by atoms with Crippen molar-refractivity contribution in [1.29, 1.82) is 5.41 Å². The topological polar surface area (TPSA) is 101 Å². The SMILES string of the molecule is C=CCCOc1ccc(-c2noc(C3CCCN3C(=N)N)n2)cc1C(F)(F)F. The molecule has 1 aliphatic heterocycles. The third kappa shape index (κ3) is 4.10. The molecule has 3 rings (SSSR count). The standard InChI is InChI=1S/C18H20F3N5O2/c1-2-3-9-27-14-7-6-11(10-12(14)18(19,20)21)15-24-16(28-25-15)13-5-4-8-26(13)17(22)23/h2,6-7,10,13H,1,3-5,8-9H2,(H3,22,23). The van der Waals surface area contributed by atoms with Gasteiger partial charge in [-0.05, 0) is 37.5 Å². The molecule has 1 atom stereocenters. The van der Waals surface area contributed by atoms with Crippen molar-refractivity contribution in [2.24, 2.45) is 5.73 Å². The van der Waals surface area contributed by atoms with Gasteiger partial charge in [0.15, 0.2) is 5.96 Å². The first-order valence-corrected chi connectivity index (χ1v) is 8.71. The summed E-state index contributed by atoms with van der Waals surface area (Å²) in [4.78, 5) is 5.85. The molecule has 10 heteroatoms. The van der Waals surface area contributed by atoms with Crippen molar-refractivity contribution < 1.29 is 22.4 Å². The summed E-state index contributed by atoms with van der Waals surface area (Å²) >= 11 is 0. The molecule has 1 aliphatic rings. The van der Waals surface area contributed by atoms with Crippen LogP contribution >= 0.6 is 0 Å². The number of aromatic nitrogens is 2. The van der Waals surface area contributed by atoms with E-state index in [1.165, 1.54) is 12.1 Å². The van der Waals surface area contributed by atoms with Crippen molar-refractivity contribution in [3.63, 3.8) is 0 Å². The molecule has 7 nitrogen and oxygen atoms in total. The number of nitrogens with one attached hydrogen (secondary N) is 1. The van der Waals surface area contributed by atoms with Gasteiger partial charge in [-0.25, -0.2) is 0 Å². The minimum atomic E-state index is -4.59. The lowest BCUT2D eigenvalue weighted by atomic mass is 10.1. The highest BCUT2D eigenvalue weighted by atomic mass is 19.4. The molecule has 2 aromatic rings. The van der Waals surface area contributed by atoms with E-state index in [1.807, 2.05) is 0 Å². The molecule has 0 radical (unpaired) electrons. The summed E-state index contributed by atoms with van der Waals surface area (Å²) in [6.07, 6.45) is -1.12. The Morgan fingerprint density at radius 2 is 2.25 bits per heavy atom. The van der Waals surface area contributed by atoms with Gasteiger partial charge < -0.3 is 19.9 Å². The Bertz CT molecular complexity index is 865. The molecule has 1 unspecified atom stereocenters. The third-order valence-electron chi connectivity index (χ3n) is 4.41. The summed E-state index contributed by atoms with van der Waals surface area (Å²) in [5.74, 6) is -0.112. The van der Waals surface area contributed by atoms with Crippen molar-refractivity contribution in [3.8, 4) is 17.1 Å². The van der Waals surface area contributed by atoms with Gasteiger partial charge in [-0.2, -0.15) is 18.2 Å². The number of likely N-dealkylation sites (tertiary alicyclic amines) is 1. The number of hydrogen-bond acceptors (Lipinski definition) is 5. The Balaban J connectivity index is 1.89. The van der Waals surface area contributed by atoms with Crippen LogP contribution in [0.3, 0.4) is 0 Å². The molecule has 0 spiro atoms. The zero-order chi connectivity index (χ0) is 20.3. The van der Waals surface area contributed by atoms with E-state index in [1.54, 1.807) is 11.0 Å². The molecule has 3 N–H and O–H groups in total. The molecule has 0 saturated carbocycles. The van der Waals surface area contributed by atoms with Gasteiger partial charge in [0.25, 0.3) is 0 Å². The molecule has 28 heavy (non-hydrogen) atoms. The number of alkyl halides is 3. The van der Waals surface area contributed by atoms with E-state index in [-0.39, 0.29) is 41.6 Å². The van der Waals surface area contributed by atoms with Gasteiger partial charge in [-0.3, -0.25) is 5.41 Å². The highest BCUT2D eigenvalue weighted by Gasteiger charge is 2.36. The molecule has 0 bridgehead atoms. The van der Waals surface area contributed by atoms with Gasteiger partial charge in [-0.1, -0.05) is 11.2 Å². The average molecular weight is 395 g/mol. The van der Waals surface area contributed by atoms with Crippen molar-refractivity contribution in [2.45, 2.75) is 31.5 Å². The Morgan fingerprint density at radius 1 is 1.46 bits per heavy atom. The van der Waals surface area contributed by atoms with Crippen LogP contribution in [-0.2, 0) is 6.18 Å². The molecule has 150 valence electrons. The van der Waals surface area contributed by atoms with E-state index in [9.17, 15) is 13.2 Å². The lowest BCUT2D eigenvalue weighted by Gasteiger charge is -2.21. The van der Waals surface area contributed by atoms with Crippen LogP contribution in [0.4, 0.5) is 13.2 Å². The van der Waals surface area contributed by atoms with E-state index in [2.05, 4.69) is 16.7 Å². The number of hydrogen-bond donors (Lipinski definition) is 2. The van der Waals surface area contributed by atoms with Crippen LogP contribution < -0.4 is 10.5 Å². The monoisotopic (exact) mass is 395 g/mol. The third-order valence-corrected chi connectivity index (χ3v) is 4.41. The molecule has 1 aromatic heterocycles. The van der Waals surface area contributed by atoms with Crippen LogP contribution in [0.1, 0.15) is 36.8 Å². The van der Waals surface area contributed by atoms with E-state index in [0.29, 0.717) is 19.4 Å². The highest BCUT2D eigenvalue weighted by Crippen LogP contribution is 2.39. The van der Waals surface area contributed by atoms with Crippen LogP contribution in [0, 0.1) is 5.41 Å². The summed E-state index contributed by atoms with van der Waals surface area (Å²) in [6.45, 7) is 4.20. The van der Waals surface area contributed by atoms with Crippen LogP contribution in [0.5, 0.6) is 5.75 Å². The number of benzene rings is 1. The molecule has 1 fully saturated rings. The minimum absolute atomic E-state index is 0.0357. The van der Waals surface area contributed by atoms with Crippen molar-refractivity contribution >= 4 is 5.96 Å². The second kappa shape index (κ2) is 7.91. The van der Waals surface area contributed by atoms with Crippen molar-refractivity contribution in [3.05, 3.63) is 42.3 Å². The largest absolute Gasteiger partial charge is 0.493 e. The molecule has 0 amide bonds. The summed E-state index contributed by atoms with van der Waals surface area (Å²) in [5, 5.41) is 11.4. The van der Waals surface area contributed by atoms with Gasteiger partial charge in [0.1, 0.15) is 11.8 Å². The first kappa shape index (κ1) is 19.7. The van der Waals surface area contributed by atoms with Gasteiger partial charge >= 0.3 is 6.18 Å². The minimum Gasteiger partial charge on any atom is -0.493 e. The highest BCUT2D eigenvalue weighted by molar-refractivity contribution is 5.75. The zero-order valence-electron chi connectivity index (χ0n) is 15.0. The fourth-order valence-corrected chi connectivity index (χ4v) is 3.07. The van der Waals surface area contributed by atoms with Crippen LogP contribution in [0.2, 0.25) is 0 Å². The van der Waals surface area contributed by atoms with E-state index in [4.69, 9.17) is 20.4 Å². The number of guanidine groups is 1. The first-order chi connectivity index (χ1) is 13.3. The van der Waals surface area contributed by atoms with Gasteiger partial charge in [0, 0.05) is 12.1 Å². The predicted molar refractivity (Wildman–Crippen MR) is 95.6 cm³/mol. The molecule has 1 saturated heterocycles. The number of nitrogens with two attached hydrogens (primary N) is 1. The first-order valence-electron chi connectivity index (χ1n) is 8.71. The van der Waals surface area contributed by atoms with Crippen LogP contribution in [-0.4, -0.2) is 34.2 Å². The number of nitrogens with zero attached hydrogens (tertiary/aromatic N) is 3. The maximum Gasteiger partial charge on any atom is 0.419 e. The fraction of sp³-hybridized carbons (Fsp3) is 0.389. The second-order valence-corrected chi connectivity index (χ2v) is 6.33. The Kier molecular flexibility index (Phi) is 5.57. The normalized spacial score (nSPS) is 17.0. The van der Waals surface area contributed by atoms with Crippen molar-refractivity contribution in [2.75, 3.05) is 13.2 Å². The summed E-state index contributed by atoms with van der Waals surface area (Å²) in [7, 11) is 0. The lowest BCUT2D eigenvalue weighted by Crippen LogP contribution is -2.35. The Hall–Kier alpha value is -3.04. The molecule has 1 aromatic carbocycles. The maximum absolute atomic E-state index is 13.4. The van der Waals surface area contributed by atoms with Gasteiger partial charge in [0.2, 0.25) is 11.7 Å². The molecule has 0 aliphatic carbocycles. The van der Waals surface area contributed by atoms with E-state index < -0.39 is 11.7 Å². The lowest BCUT2D eigenvalue weighted by molar-refractivity contribution is -0.138. The van der Waals surface area contributed by atoms with Gasteiger partial charge in [-0.15, -0.1) is 6.58 Å². The number of halogens is 3. The maximum atomic E-state index is 13.4. The molecular weight excluding hydrogens is 375 g/mol. The molecular formula is C18H20F3N5O2. The Labute approximate surface area is 159 Å². The number of ether oxygens (including phenoxy) is 1. The van der Waals surface area contributed by atoms with Gasteiger partial charge in [0.05, 0.1) is 12.2 Å². The number of rotatable bonds is 6. The van der Waals surface area contributed by atoms with Crippen molar-refractivity contribution in [1.82, 2.24) is 15.0 Å². The summed E-state index contributed by atoms with van der Waals surface area (Å²) in [6, 6.07) is 3.29. The van der Waals surface area contributed by atoms with E-state index >= 15 is 0 Å². The van der Waals surface area contributed by atoms with Crippen LogP contribution in [0.15, 0.2) is 35.4 Å². The smallest absolute Gasteiger partial charge is 0.419 e. The fourth-order valence-electron chi connectivity index (χ4n) is 3.07. The predicted octanol–water partition coefficient (Wildman–Crippen LogP) is 3.74. The van der Waals surface area contributed by atoms with Crippen LogP contribution in [0.25, 0.3) is 11.4 Å². The zero-order valence-corrected chi connectivity index (χ0v) is 15.0. The average Bonchev–Trinajstić information content (AvgIpc) is 3.30. The second-order valence-electron chi connectivity index (χ2n) is 6.33. The van der Waals surface area contributed by atoms with E-state index in [0.717, 1.165) is 12.5 Å². The summed E-state index contributed by atoms with van der Waals surface area (Å²) < 4.78 is 50.8. The molecule has 2 heterocycles. The Morgan fingerprint density at radius 3 is 2.93 bits per heavy atom. The quantitative estimate of drug-likeness (QED) is 0.334. The summed E-state index contributed by atoms with van der Waals surface area (Å²) in [5.41, 5.74) is 4.80.